The summed E-state index contributed by atoms with van der Waals surface area (Å²) in [6, 6.07) is 8.86. The largest absolute Gasteiger partial charge is 0.296 e. The first-order valence-electron chi connectivity index (χ1n) is 6.04. The van der Waals surface area contributed by atoms with Crippen LogP contribution in [0.25, 0.3) is 0 Å². The third kappa shape index (κ3) is 3.62. The molecule has 2 rings (SSSR count). The molecule has 0 heterocycles. The first-order valence-corrected chi connectivity index (χ1v) is 6.04. The van der Waals surface area contributed by atoms with Gasteiger partial charge >= 0.3 is 0 Å². The Morgan fingerprint density at radius 3 is 2.31 bits per heavy atom. The van der Waals surface area contributed by atoms with Crippen molar-refractivity contribution in [3.8, 4) is 0 Å². The van der Waals surface area contributed by atoms with E-state index in [0.717, 1.165) is 12.5 Å². The highest BCUT2D eigenvalue weighted by atomic mass is 16.7. The summed E-state index contributed by atoms with van der Waals surface area (Å²) in [5.41, 5.74) is 5.63. The Balaban J connectivity index is 1.81. The summed E-state index contributed by atoms with van der Waals surface area (Å²) in [5.74, 6) is 0.841. The van der Waals surface area contributed by atoms with Gasteiger partial charge in [-0.3, -0.25) is 4.84 Å². The molecule has 0 radical (unpaired) electrons. The van der Waals surface area contributed by atoms with Gasteiger partial charge in [-0.1, -0.05) is 24.3 Å². The quantitative estimate of drug-likeness (QED) is 0.784. The number of benzene rings is 1. The molecule has 1 aromatic carbocycles. The van der Waals surface area contributed by atoms with Gasteiger partial charge in [0, 0.05) is 6.54 Å². The van der Waals surface area contributed by atoms with E-state index in [1.165, 1.54) is 24.0 Å². The minimum atomic E-state index is -0.131. The molecule has 1 aliphatic carbocycles. The van der Waals surface area contributed by atoms with Crippen LogP contribution in [0.2, 0.25) is 0 Å². The summed E-state index contributed by atoms with van der Waals surface area (Å²) in [7, 11) is 0. The Hall–Kier alpha value is -0.860. The van der Waals surface area contributed by atoms with Crippen molar-refractivity contribution < 1.29 is 4.84 Å². The smallest absolute Gasteiger partial charge is 0.0813 e. The van der Waals surface area contributed by atoms with Gasteiger partial charge in [-0.25, -0.2) is 0 Å². The van der Waals surface area contributed by atoms with Gasteiger partial charge < -0.3 is 0 Å². The van der Waals surface area contributed by atoms with Crippen molar-refractivity contribution in [2.45, 2.75) is 51.7 Å². The SMILES string of the molecule is CC(C)(C)ONCc1ccc(C2CC2)cc1. The molecule has 0 atom stereocenters. The maximum absolute atomic E-state index is 5.47. The zero-order chi connectivity index (χ0) is 11.6. The van der Waals surface area contributed by atoms with Crippen LogP contribution in [0.1, 0.15) is 50.7 Å². The van der Waals surface area contributed by atoms with E-state index in [9.17, 15) is 0 Å². The normalized spacial score (nSPS) is 16.4. The second kappa shape index (κ2) is 4.56. The van der Waals surface area contributed by atoms with Crippen molar-refractivity contribution in [3.63, 3.8) is 0 Å². The molecule has 88 valence electrons. The van der Waals surface area contributed by atoms with Crippen LogP contribution in [0.5, 0.6) is 0 Å². The molecule has 1 saturated carbocycles. The maximum atomic E-state index is 5.47. The van der Waals surface area contributed by atoms with E-state index in [1.54, 1.807) is 0 Å². The van der Waals surface area contributed by atoms with E-state index in [-0.39, 0.29) is 5.60 Å². The average Bonchev–Trinajstić information content (AvgIpc) is 3.00. The van der Waals surface area contributed by atoms with Gasteiger partial charge in [-0.15, -0.1) is 0 Å². The first-order chi connectivity index (χ1) is 7.54. The van der Waals surface area contributed by atoms with E-state index < -0.39 is 0 Å². The molecule has 0 saturated heterocycles. The van der Waals surface area contributed by atoms with Gasteiger partial charge in [0.2, 0.25) is 0 Å². The van der Waals surface area contributed by atoms with Crippen molar-refractivity contribution >= 4 is 0 Å². The van der Waals surface area contributed by atoms with E-state index in [1.807, 2.05) is 20.8 Å². The van der Waals surface area contributed by atoms with Crippen molar-refractivity contribution in [1.29, 1.82) is 0 Å². The summed E-state index contributed by atoms with van der Waals surface area (Å²) < 4.78 is 0. The second-order valence-electron chi connectivity index (χ2n) is 5.55. The Labute approximate surface area is 98.0 Å². The maximum Gasteiger partial charge on any atom is 0.0813 e. The zero-order valence-electron chi connectivity index (χ0n) is 10.4. The lowest BCUT2D eigenvalue weighted by molar-refractivity contribution is -0.0757. The summed E-state index contributed by atoms with van der Waals surface area (Å²) in [6.07, 6.45) is 2.73. The highest BCUT2D eigenvalue weighted by molar-refractivity contribution is 5.27. The summed E-state index contributed by atoms with van der Waals surface area (Å²) >= 11 is 0. The lowest BCUT2D eigenvalue weighted by Gasteiger charge is -2.19. The molecule has 2 nitrogen and oxygen atoms in total. The van der Waals surface area contributed by atoms with Crippen molar-refractivity contribution in [1.82, 2.24) is 5.48 Å². The molecular formula is C14H21NO. The molecule has 0 unspecified atom stereocenters. The van der Waals surface area contributed by atoms with E-state index in [4.69, 9.17) is 4.84 Å². The van der Waals surface area contributed by atoms with Crippen LogP contribution in [0.3, 0.4) is 0 Å². The fraction of sp³-hybridized carbons (Fsp3) is 0.571. The second-order valence-corrected chi connectivity index (χ2v) is 5.55. The Bertz CT molecular complexity index is 333. The lowest BCUT2D eigenvalue weighted by atomic mass is 10.1. The minimum Gasteiger partial charge on any atom is -0.296 e. The topological polar surface area (TPSA) is 21.3 Å². The van der Waals surface area contributed by atoms with Crippen molar-refractivity contribution in [2.75, 3.05) is 0 Å². The van der Waals surface area contributed by atoms with Crippen LogP contribution >= 0.6 is 0 Å². The molecule has 0 amide bonds. The Morgan fingerprint density at radius 1 is 1.19 bits per heavy atom. The van der Waals surface area contributed by atoms with Gasteiger partial charge in [-0.05, 0) is 50.7 Å². The van der Waals surface area contributed by atoms with Crippen LogP contribution in [0.4, 0.5) is 0 Å². The summed E-state index contributed by atoms with van der Waals surface area (Å²) in [6.45, 7) is 6.88. The van der Waals surface area contributed by atoms with Gasteiger partial charge in [0.25, 0.3) is 0 Å². The average molecular weight is 219 g/mol. The molecule has 1 aromatic rings. The molecule has 0 aliphatic heterocycles. The molecule has 0 bridgehead atoms. The third-order valence-electron chi connectivity index (χ3n) is 2.68. The number of nitrogens with one attached hydrogen (secondary N) is 1. The van der Waals surface area contributed by atoms with Gasteiger partial charge in [0.05, 0.1) is 5.60 Å². The monoisotopic (exact) mass is 219 g/mol. The number of hydrogen-bond acceptors (Lipinski definition) is 2. The zero-order valence-corrected chi connectivity index (χ0v) is 10.4. The highest BCUT2D eigenvalue weighted by Crippen LogP contribution is 2.39. The first kappa shape index (κ1) is 11.6. The predicted molar refractivity (Wildman–Crippen MR) is 66.1 cm³/mol. The highest BCUT2D eigenvalue weighted by Gasteiger charge is 2.22. The Morgan fingerprint density at radius 2 is 1.81 bits per heavy atom. The van der Waals surface area contributed by atoms with Crippen LogP contribution in [-0.4, -0.2) is 5.60 Å². The van der Waals surface area contributed by atoms with Crippen molar-refractivity contribution in [2.24, 2.45) is 0 Å². The van der Waals surface area contributed by atoms with Crippen LogP contribution < -0.4 is 5.48 Å². The van der Waals surface area contributed by atoms with E-state index in [2.05, 4.69) is 29.7 Å². The molecule has 2 heteroatoms. The number of rotatable bonds is 4. The summed E-state index contributed by atoms with van der Waals surface area (Å²) in [5, 5.41) is 0. The van der Waals surface area contributed by atoms with E-state index in [0.29, 0.717) is 0 Å². The standard InChI is InChI=1S/C14H21NO/c1-14(2,3)16-15-10-11-4-6-12(7-5-11)13-8-9-13/h4-7,13,15H,8-10H2,1-3H3. The Kier molecular flexibility index (Phi) is 3.31. The third-order valence-corrected chi connectivity index (χ3v) is 2.68. The lowest BCUT2D eigenvalue weighted by Crippen LogP contribution is -2.28. The summed E-state index contributed by atoms with van der Waals surface area (Å²) in [4.78, 5) is 5.47. The molecule has 16 heavy (non-hydrogen) atoms. The molecule has 0 aromatic heterocycles. The van der Waals surface area contributed by atoms with Crippen LogP contribution in [0.15, 0.2) is 24.3 Å². The molecule has 0 spiro atoms. The molecule has 1 fully saturated rings. The fourth-order valence-corrected chi connectivity index (χ4v) is 1.66. The van der Waals surface area contributed by atoms with Gasteiger partial charge in [-0.2, -0.15) is 5.48 Å². The van der Waals surface area contributed by atoms with Gasteiger partial charge in [0.15, 0.2) is 0 Å². The molecule has 1 aliphatic rings. The number of hydrogen-bond donors (Lipinski definition) is 1. The van der Waals surface area contributed by atoms with Crippen LogP contribution in [-0.2, 0) is 11.4 Å². The molecule has 1 N–H and O–H groups in total. The van der Waals surface area contributed by atoms with Gasteiger partial charge in [0.1, 0.15) is 0 Å². The molecular weight excluding hydrogens is 198 g/mol. The van der Waals surface area contributed by atoms with Crippen molar-refractivity contribution in [3.05, 3.63) is 35.4 Å². The minimum absolute atomic E-state index is 0.131. The van der Waals surface area contributed by atoms with E-state index >= 15 is 0 Å². The predicted octanol–water partition coefficient (Wildman–Crippen LogP) is 3.38. The van der Waals surface area contributed by atoms with Crippen LogP contribution in [0, 0.1) is 0 Å². The fourth-order valence-electron chi connectivity index (χ4n) is 1.66. The number of hydroxylamine groups is 1.